The van der Waals surface area contributed by atoms with Crippen molar-refractivity contribution in [3.8, 4) is 11.5 Å². The number of benzene rings is 1. The van der Waals surface area contributed by atoms with Crippen LogP contribution in [0.5, 0.6) is 11.5 Å². The lowest BCUT2D eigenvalue weighted by molar-refractivity contribution is -0.131. The molecule has 0 aromatic heterocycles. The van der Waals surface area contributed by atoms with Crippen LogP contribution < -0.4 is 9.47 Å². The van der Waals surface area contributed by atoms with Crippen LogP contribution >= 0.6 is 15.9 Å². The van der Waals surface area contributed by atoms with Crippen molar-refractivity contribution in [2.75, 3.05) is 26.8 Å². The highest BCUT2D eigenvalue weighted by molar-refractivity contribution is 9.10. The van der Waals surface area contributed by atoms with Crippen molar-refractivity contribution in [2.24, 2.45) is 0 Å². The topological polar surface area (TPSA) is 59.0 Å². The fraction of sp³-hybridized carbons (Fsp3) is 0.500. The highest BCUT2D eigenvalue weighted by Crippen LogP contribution is 2.37. The summed E-state index contributed by atoms with van der Waals surface area (Å²) in [5.41, 5.74) is 0.713. The van der Waals surface area contributed by atoms with E-state index in [-0.39, 0.29) is 19.1 Å². The van der Waals surface area contributed by atoms with Gasteiger partial charge in [0.1, 0.15) is 0 Å². The molecule has 0 unspecified atom stereocenters. The summed E-state index contributed by atoms with van der Waals surface area (Å²) in [6, 6.07) is 3.45. The van der Waals surface area contributed by atoms with Crippen LogP contribution in [0.4, 0.5) is 0 Å². The molecule has 0 atom stereocenters. The van der Waals surface area contributed by atoms with E-state index in [1.807, 2.05) is 13.8 Å². The summed E-state index contributed by atoms with van der Waals surface area (Å²) in [6.07, 6.45) is 0. The molecule has 1 N–H and O–H groups in total. The third-order valence-electron chi connectivity index (χ3n) is 2.79. The van der Waals surface area contributed by atoms with Crippen molar-refractivity contribution >= 4 is 21.8 Å². The number of carbonyl (C=O) groups is 1. The Morgan fingerprint density at radius 2 is 2.05 bits per heavy atom. The maximum atomic E-state index is 11.8. The average molecular weight is 346 g/mol. The first kappa shape index (κ1) is 16.8. The first-order valence-corrected chi connectivity index (χ1v) is 7.25. The van der Waals surface area contributed by atoms with Gasteiger partial charge in [-0.2, -0.15) is 0 Å². The Bertz CT molecular complexity index is 465. The Morgan fingerprint density at radius 1 is 1.35 bits per heavy atom. The number of amides is 1. The maximum absolute atomic E-state index is 11.8. The van der Waals surface area contributed by atoms with Crippen molar-refractivity contribution in [3.63, 3.8) is 0 Å². The standard InChI is InChI=1S/C14H20BrNO4/c1-4-16(3)13(18)9-20-14-11(15)6-10(8-17)7-12(14)19-5-2/h6-7,17H,4-5,8-9H2,1-3H3. The number of carbonyl (C=O) groups excluding carboxylic acids is 1. The number of hydrogen-bond donors (Lipinski definition) is 1. The summed E-state index contributed by atoms with van der Waals surface area (Å²) in [7, 11) is 1.72. The minimum atomic E-state index is -0.104. The summed E-state index contributed by atoms with van der Waals surface area (Å²) in [5.74, 6) is 0.882. The third-order valence-corrected chi connectivity index (χ3v) is 3.38. The predicted octanol–water partition coefficient (Wildman–Crippen LogP) is 2.20. The van der Waals surface area contributed by atoms with E-state index in [4.69, 9.17) is 9.47 Å². The van der Waals surface area contributed by atoms with Gasteiger partial charge in [-0.05, 0) is 47.5 Å². The normalized spacial score (nSPS) is 10.2. The zero-order valence-corrected chi connectivity index (χ0v) is 13.6. The number of nitrogens with zero attached hydrogens (tertiary/aromatic N) is 1. The largest absolute Gasteiger partial charge is 0.490 e. The lowest BCUT2D eigenvalue weighted by atomic mass is 10.2. The van der Waals surface area contributed by atoms with E-state index in [1.165, 1.54) is 0 Å². The molecule has 20 heavy (non-hydrogen) atoms. The maximum Gasteiger partial charge on any atom is 0.260 e. The molecule has 1 aromatic carbocycles. The van der Waals surface area contributed by atoms with Gasteiger partial charge in [0.15, 0.2) is 18.1 Å². The predicted molar refractivity (Wildman–Crippen MR) is 80.0 cm³/mol. The van der Waals surface area contributed by atoms with Crippen LogP contribution in [0, 0.1) is 0 Å². The first-order valence-electron chi connectivity index (χ1n) is 6.46. The fourth-order valence-corrected chi connectivity index (χ4v) is 2.14. The Hall–Kier alpha value is -1.27. The molecule has 0 aliphatic heterocycles. The van der Waals surface area contributed by atoms with Gasteiger partial charge in [-0.15, -0.1) is 0 Å². The molecule has 0 radical (unpaired) electrons. The van der Waals surface area contributed by atoms with Crippen LogP contribution in [0.1, 0.15) is 19.4 Å². The molecule has 1 amide bonds. The second-order valence-corrected chi connectivity index (χ2v) is 5.05. The van der Waals surface area contributed by atoms with Crippen LogP contribution in [0.3, 0.4) is 0 Å². The quantitative estimate of drug-likeness (QED) is 0.822. The molecule has 0 heterocycles. The first-order chi connectivity index (χ1) is 9.53. The Labute approximate surface area is 127 Å². The summed E-state index contributed by atoms with van der Waals surface area (Å²) in [4.78, 5) is 13.3. The molecule has 1 aromatic rings. The number of rotatable bonds is 7. The Balaban J connectivity index is 2.90. The smallest absolute Gasteiger partial charge is 0.260 e. The second-order valence-electron chi connectivity index (χ2n) is 4.19. The molecule has 0 aliphatic rings. The highest BCUT2D eigenvalue weighted by Gasteiger charge is 2.15. The van der Waals surface area contributed by atoms with Gasteiger partial charge in [-0.25, -0.2) is 0 Å². The number of ether oxygens (including phenoxy) is 2. The third kappa shape index (κ3) is 4.38. The van der Waals surface area contributed by atoms with Crippen LogP contribution in [0.25, 0.3) is 0 Å². The number of likely N-dealkylation sites (N-methyl/N-ethyl adjacent to an activating group) is 1. The lowest BCUT2D eigenvalue weighted by Gasteiger charge is -2.17. The lowest BCUT2D eigenvalue weighted by Crippen LogP contribution is -2.31. The van der Waals surface area contributed by atoms with E-state index in [0.717, 1.165) is 0 Å². The zero-order valence-electron chi connectivity index (χ0n) is 12.0. The average Bonchev–Trinajstić information content (AvgIpc) is 2.45. The fourth-order valence-electron chi connectivity index (χ4n) is 1.54. The molecule has 0 bridgehead atoms. The number of halogens is 1. The monoisotopic (exact) mass is 345 g/mol. The molecular formula is C14H20BrNO4. The van der Waals surface area contributed by atoms with E-state index in [1.54, 1.807) is 24.1 Å². The molecule has 112 valence electrons. The van der Waals surface area contributed by atoms with Gasteiger partial charge in [0, 0.05) is 13.6 Å². The van der Waals surface area contributed by atoms with Gasteiger partial charge in [0.05, 0.1) is 17.7 Å². The number of aliphatic hydroxyl groups is 1. The summed E-state index contributed by atoms with van der Waals surface area (Å²) >= 11 is 3.37. The van der Waals surface area contributed by atoms with E-state index in [2.05, 4.69) is 15.9 Å². The van der Waals surface area contributed by atoms with Crippen molar-refractivity contribution in [1.29, 1.82) is 0 Å². The molecule has 6 heteroatoms. The minimum Gasteiger partial charge on any atom is -0.490 e. The molecule has 0 aliphatic carbocycles. The van der Waals surface area contributed by atoms with Crippen LogP contribution in [0.2, 0.25) is 0 Å². The van der Waals surface area contributed by atoms with Crippen molar-refractivity contribution < 1.29 is 19.4 Å². The molecule has 0 spiro atoms. The zero-order chi connectivity index (χ0) is 15.1. The van der Waals surface area contributed by atoms with Crippen LogP contribution in [0.15, 0.2) is 16.6 Å². The van der Waals surface area contributed by atoms with Crippen LogP contribution in [-0.2, 0) is 11.4 Å². The van der Waals surface area contributed by atoms with Gasteiger partial charge in [0.2, 0.25) is 0 Å². The molecular weight excluding hydrogens is 326 g/mol. The highest BCUT2D eigenvalue weighted by atomic mass is 79.9. The Kier molecular flexibility index (Phi) is 6.81. The molecule has 0 fully saturated rings. The SMILES string of the molecule is CCOc1cc(CO)cc(Br)c1OCC(=O)N(C)CC. The molecule has 0 saturated carbocycles. The van der Waals surface area contributed by atoms with Gasteiger partial charge < -0.3 is 19.5 Å². The number of hydrogen-bond acceptors (Lipinski definition) is 4. The van der Waals surface area contributed by atoms with E-state index in [0.29, 0.717) is 34.7 Å². The van der Waals surface area contributed by atoms with E-state index >= 15 is 0 Å². The molecule has 1 rings (SSSR count). The Morgan fingerprint density at radius 3 is 2.60 bits per heavy atom. The molecule has 0 saturated heterocycles. The number of aliphatic hydroxyl groups excluding tert-OH is 1. The van der Waals surface area contributed by atoms with E-state index in [9.17, 15) is 9.90 Å². The van der Waals surface area contributed by atoms with Gasteiger partial charge >= 0.3 is 0 Å². The minimum absolute atomic E-state index is 0.0541. The van der Waals surface area contributed by atoms with Gasteiger partial charge in [0.25, 0.3) is 5.91 Å². The summed E-state index contributed by atoms with van der Waals surface area (Å²) < 4.78 is 11.7. The van der Waals surface area contributed by atoms with E-state index < -0.39 is 0 Å². The van der Waals surface area contributed by atoms with Crippen molar-refractivity contribution in [2.45, 2.75) is 20.5 Å². The molecule has 5 nitrogen and oxygen atoms in total. The summed E-state index contributed by atoms with van der Waals surface area (Å²) in [5, 5.41) is 9.19. The van der Waals surface area contributed by atoms with Crippen molar-refractivity contribution in [3.05, 3.63) is 22.2 Å². The van der Waals surface area contributed by atoms with Crippen molar-refractivity contribution in [1.82, 2.24) is 4.90 Å². The van der Waals surface area contributed by atoms with Gasteiger partial charge in [-0.1, -0.05) is 0 Å². The second kappa shape index (κ2) is 8.11. The van der Waals surface area contributed by atoms with Crippen LogP contribution in [-0.4, -0.2) is 42.7 Å². The van der Waals surface area contributed by atoms with Gasteiger partial charge in [-0.3, -0.25) is 4.79 Å². The summed E-state index contributed by atoms with van der Waals surface area (Å²) in [6.45, 7) is 4.72.